The zero-order chi connectivity index (χ0) is 9.90. The molecule has 0 aromatic heterocycles. The van der Waals surface area contributed by atoms with Crippen molar-refractivity contribution in [1.82, 2.24) is 14.8 Å². The van der Waals surface area contributed by atoms with E-state index in [0.717, 1.165) is 19.5 Å². The van der Waals surface area contributed by atoms with Crippen molar-refractivity contribution in [2.24, 2.45) is 5.92 Å². The summed E-state index contributed by atoms with van der Waals surface area (Å²) in [5, 5.41) is 3.20. The van der Waals surface area contributed by atoms with Crippen LogP contribution in [0.15, 0.2) is 0 Å². The average Bonchev–Trinajstić information content (AvgIpc) is 2.55. The zero-order valence-electron chi connectivity index (χ0n) is 8.00. The molecule has 0 radical (unpaired) electrons. The molecule has 6 heteroatoms. The summed E-state index contributed by atoms with van der Waals surface area (Å²) in [4.78, 5) is 0. The molecular formula is C7H17N3O2S. The first-order valence-corrected chi connectivity index (χ1v) is 5.95. The molecule has 1 saturated heterocycles. The van der Waals surface area contributed by atoms with E-state index in [-0.39, 0.29) is 6.04 Å². The van der Waals surface area contributed by atoms with Gasteiger partial charge in [0, 0.05) is 13.1 Å². The van der Waals surface area contributed by atoms with Gasteiger partial charge in [-0.3, -0.25) is 0 Å². The average molecular weight is 207 g/mol. The summed E-state index contributed by atoms with van der Waals surface area (Å²) in [5.74, 6) is 0.406. The molecule has 0 amide bonds. The van der Waals surface area contributed by atoms with Crippen LogP contribution in [0.4, 0.5) is 0 Å². The molecule has 1 fully saturated rings. The first-order valence-electron chi connectivity index (χ1n) is 4.46. The third-order valence-electron chi connectivity index (χ3n) is 2.42. The predicted molar refractivity (Wildman–Crippen MR) is 51.6 cm³/mol. The lowest BCUT2D eigenvalue weighted by Gasteiger charge is -2.18. The van der Waals surface area contributed by atoms with Gasteiger partial charge >= 0.3 is 0 Å². The van der Waals surface area contributed by atoms with Gasteiger partial charge in [0.2, 0.25) is 0 Å². The highest BCUT2D eigenvalue weighted by atomic mass is 32.2. The molecule has 0 bridgehead atoms. The molecule has 13 heavy (non-hydrogen) atoms. The van der Waals surface area contributed by atoms with Gasteiger partial charge in [0.15, 0.2) is 0 Å². The third-order valence-corrected chi connectivity index (χ3v) is 3.63. The standard InChI is InChI=1S/C7H17N3O2S/c1-6(7-3-4-9-5-7)10-13(11,12)8-2/h6-10H,3-5H2,1-2H3. The Hall–Kier alpha value is -0.170. The van der Waals surface area contributed by atoms with Gasteiger partial charge in [0.1, 0.15) is 0 Å². The molecule has 0 aromatic carbocycles. The van der Waals surface area contributed by atoms with Crippen LogP contribution < -0.4 is 14.8 Å². The van der Waals surface area contributed by atoms with Gasteiger partial charge in [-0.1, -0.05) is 0 Å². The summed E-state index contributed by atoms with van der Waals surface area (Å²) < 4.78 is 27.1. The van der Waals surface area contributed by atoms with Crippen molar-refractivity contribution in [3.63, 3.8) is 0 Å². The summed E-state index contributed by atoms with van der Waals surface area (Å²) in [5.41, 5.74) is 0. The third kappa shape index (κ3) is 3.22. The summed E-state index contributed by atoms with van der Waals surface area (Å²) in [6, 6.07) is -0.00699. The van der Waals surface area contributed by atoms with Crippen LogP contribution in [0.3, 0.4) is 0 Å². The Labute approximate surface area is 79.5 Å². The number of hydrogen-bond donors (Lipinski definition) is 3. The van der Waals surface area contributed by atoms with E-state index in [1.54, 1.807) is 0 Å². The largest absolute Gasteiger partial charge is 0.316 e. The lowest BCUT2D eigenvalue weighted by atomic mass is 10.0. The van der Waals surface area contributed by atoms with Crippen LogP contribution in [0.5, 0.6) is 0 Å². The maximum Gasteiger partial charge on any atom is 0.276 e. The summed E-state index contributed by atoms with van der Waals surface area (Å²) in [6.07, 6.45) is 1.04. The summed E-state index contributed by atoms with van der Waals surface area (Å²) >= 11 is 0. The van der Waals surface area contributed by atoms with E-state index in [0.29, 0.717) is 5.92 Å². The second-order valence-corrected chi connectivity index (χ2v) is 5.02. The maximum atomic E-state index is 11.1. The lowest BCUT2D eigenvalue weighted by Crippen LogP contribution is -2.43. The molecule has 0 aromatic rings. The van der Waals surface area contributed by atoms with Crippen LogP contribution >= 0.6 is 0 Å². The van der Waals surface area contributed by atoms with E-state index >= 15 is 0 Å². The van der Waals surface area contributed by atoms with Gasteiger partial charge in [-0.2, -0.15) is 13.1 Å². The topological polar surface area (TPSA) is 70.2 Å². The molecule has 1 heterocycles. The quantitative estimate of drug-likeness (QED) is 0.556. The molecule has 0 saturated carbocycles. The second kappa shape index (κ2) is 4.36. The molecule has 0 spiro atoms. The fraction of sp³-hybridized carbons (Fsp3) is 1.00. The van der Waals surface area contributed by atoms with Crippen LogP contribution in [-0.2, 0) is 10.2 Å². The molecule has 1 aliphatic heterocycles. The van der Waals surface area contributed by atoms with E-state index in [9.17, 15) is 8.42 Å². The van der Waals surface area contributed by atoms with Gasteiger partial charge < -0.3 is 5.32 Å². The van der Waals surface area contributed by atoms with E-state index in [2.05, 4.69) is 14.8 Å². The van der Waals surface area contributed by atoms with E-state index < -0.39 is 10.2 Å². The first kappa shape index (κ1) is 10.9. The van der Waals surface area contributed by atoms with E-state index in [1.807, 2.05) is 6.92 Å². The van der Waals surface area contributed by atoms with Crippen molar-refractivity contribution in [2.75, 3.05) is 20.1 Å². The van der Waals surface area contributed by atoms with Gasteiger partial charge in [-0.05, 0) is 32.4 Å². The van der Waals surface area contributed by atoms with Crippen molar-refractivity contribution in [1.29, 1.82) is 0 Å². The Morgan fingerprint density at radius 1 is 1.54 bits per heavy atom. The van der Waals surface area contributed by atoms with Crippen LogP contribution in [0.1, 0.15) is 13.3 Å². The fourth-order valence-corrected chi connectivity index (χ4v) is 2.30. The maximum absolute atomic E-state index is 11.1. The van der Waals surface area contributed by atoms with Gasteiger partial charge in [0.25, 0.3) is 10.2 Å². The first-order chi connectivity index (χ1) is 6.05. The zero-order valence-corrected chi connectivity index (χ0v) is 8.82. The highest BCUT2D eigenvalue weighted by Crippen LogP contribution is 2.12. The highest BCUT2D eigenvalue weighted by Gasteiger charge is 2.24. The smallest absolute Gasteiger partial charge is 0.276 e. The molecular weight excluding hydrogens is 190 g/mol. The SMILES string of the molecule is CNS(=O)(=O)NC(C)C1CCNC1. The summed E-state index contributed by atoms with van der Waals surface area (Å²) in [6.45, 7) is 3.77. The molecule has 3 N–H and O–H groups in total. The van der Waals surface area contributed by atoms with Gasteiger partial charge in [-0.25, -0.2) is 4.72 Å². The molecule has 78 valence electrons. The van der Waals surface area contributed by atoms with E-state index in [1.165, 1.54) is 7.05 Å². The van der Waals surface area contributed by atoms with Crippen LogP contribution in [0.2, 0.25) is 0 Å². The van der Waals surface area contributed by atoms with Crippen molar-refractivity contribution >= 4 is 10.2 Å². The van der Waals surface area contributed by atoms with Gasteiger partial charge in [-0.15, -0.1) is 0 Å². The minimum atomic E-state index is -3.28. The van der Waals surface area contributed by atoms with E-state index in [4.69, 9.17) is 0 Å². The number of nitrogens with one attached hydrogen (secondary N) is 3. The van der Waals surface area contributed by atoms with Crippen LogP contribution in [0.25, 0.3) is 0 Å². The van der Waals surface area contributed by atoms with Crippen molar-refractivity contribution in [3.8, 4) is 0 Å². The number of hydrogen-bond acceptors (Lipinski definition) is 3. The van der Waals surface area contributed by atoms with Crippen molar-refractivity contribution in [2.45, 2.75) is 19.4 Å². The summed E-state index contributed by atoms with van der Waals surface area (Å²) in [7, 11) is -1.88. The Bertz CT molecular complexity index is 246. The Morgan fingerprint density at radius 3 is 2.69 bits per heavy atom. The molecule has 2 atom stereocenters. The molecule has 5 nitrogen and oxygen atoms in total. The van der Waals surface area contributed by atoms with Crippen LogP contribution in [-0.4, -0.2) is 34.6 Å². The Kier molecular flexibility index (Phi) is 3.66. The fourth-order valence-electron chi connectivity index (χ4n) is 1.50. The minimum Gasteiger partial charge on any atom is -0.316 e. The minimum absolute atomic E-state index is 0.00699. The monoisotopic (exact) mass is 207 g/mol. The highest BCUT2D eigenvalue weighted by molar-refractivity contribution is 7.87. The molecule has 1 rings (SSSR count). The number of rotatable bonds is 4. The van der Waals surface area contributed by atoms with Crippen molar-refractivity contribution < 1.29 is 8.42 Å². The second-order valence-electron chi connectivity index (χ2n) is 3.37. The molecule has 1 aliphatic rings. The Balaban J connectivity index is 2.44. The molecule has 0 aliphatic carbocycles. The lowest BCUT2D eigenvalue weighted by molar-refractivity contribution is 0.442. The normalized spacial score (nSPS) is 26.2. The van der Waals surface area contributed by atoms with Crippen molar-refractivity contribution in [3.05, 3.63) is 0 Å². The predicted octanol–water partition coefficient (Wildman–Crippen LogP) is -0.962. The van der Waals surface area contributed by atoms with Gasteiger partial charge in [0.05, 0.1) is 0 Å². The Morgan fingerprint density at radius 2 is 2.23 bits per heavy atom. The molecule has 2 unspecified atom stereocenters. The van der Waals surface area contributed by atoms with Crippen LogP contribution in [0, 0.1) is 5.92 Å².